The van der Waals surface area contributed by atoms with Gasteiger partial charge in [-0.15, -0.1) is 0 Å². The lowest BCUT2D eigenvalue weighted by molar-refractivity contribution is 0.0341. The Labute approximate surface area is 192 Å². The lowest BCUT2D eigenvalue weighted by atomic mass is 10.1. The summed E-state index contributed by atoms with van der Waals surface area (Å²) in [4.78, 5) is 9.67. The van der Waals surface area contributed by atoms with Gasteiger partial charge in [-0.2, -0.15) is 0 Å². The Morgan fingerprint density at radius 2 is 1.75 bits per heavy atom. The molecule has 2 aliphatic heterocycles. The minimum Gasteiger partial charge on any atom is -0.379 e. The van der Waals surface area contributed by atoms with Crippen molar-refractivity contribution in [2.45, 2.75) is 26.6 Å². The van der Waals surface area contributed by atoms with Gasteiger partial charge in [0.05, 0.1) is 19.8 Å². The third kappa shape index (κ3) is 6.34. The summed E-state index contributed by atoms with van der Waals surface area (Å²) in [5.74, 6) is 0.849. The topological polar surface area (TPSA) is 52.1 Å². The Bertz CT molecular complexity index is 912. The first kappa shape index (κ1) is 22.4. The van der Waals surface area contributed by atoms with E-state index in [4.69, 9.17) is 9.73 Å². The lowest BCUT2D eigenvalue weighted by Gasteiger charge is -2.27. The van der Waals surface area contributed by atoms with Crippen molar-refractivity contribution in [1.29, 1.82) is 0 Å². The summed E-state index contributed by atoms with van der Waals surface area (Å²) >= 11 is 0. The molecule has 2 aromatic rings. The van der Waals surface area contributed by atoms with E-state index in [9.17, 15) is 0 Å². The van der Waals surface area contributed by atoms with Gasteiger partial charge in [0.1, 0.15) is 0 Å². The van der Waals surface area contributed by atoms with Crippen molar-refractivity contribution in [1.82, 2.24) is 15.5 Å². The van der Waals surface area contributed by atoms with E-state index in [2.05, 4.69) is 88.0 Å². The largest absolute Gasteiger partial charge is 0.379 e. The highest BCUT2D eigenvalue weighted by atomic mass is 16.5. The monoisotopic (exact) mass is 433 g/mol. The fraction of sp³-hybridized carbons (Fsp3) is 0.423. The van der Waals surface area contributed by atoms with Crippen molar-refractivity contribution < 1.29 is 4.74 Å². The van der Waals surface area contributed by atoms with Gasteiger partial charge in [0.15, 0.2) is 5.96 Å². The number of ether oxygens (including phenoxy) is 1. The Balaban J connectivity index is 1.37. The van der Waals surface area contributed by atoms with Crippen LogP contribution in [0.25, 0.3) is 0 Å². The summed E-state index contributed by atoms with van der Waals surface area (Å²) in [7, 11) is 0. The molecular formula is C26H35N5O. The number of hydrogen-bond acceptors (Lipinski definition) is 4. The van der Waals surface area contributed by atoms with Crippen LogP contribution in [0.5, 0.6) is 0 Å². The summed E-state index contributed by atoms with van der Waals surface area (Å²) in [6.07, 6.45) is 4.43. The van der Waals surface area contributed by atoms with Gasteiger partial charge in [-0.1, -0.05) is 48.6 Å². The molecule has 0 aliphatic carbocycles. The number of nitrogens with zero attached hydrogens (tertiary/aromatic N) is 3. The second-order valence-electron chi connectivity index (χ2n) is 8.25. The molecule has 0 saturated carbocycles. The molecule has 0 bridgehead atoms. The molecule has 6 nitrogen and oxygen atoms in total. The van der Waals surface area contributed by atoms with Gasteiger partial charge in [0.2, 0.25) is 0 Å². The van der Waals surface area contributed by atoms with Crippen molar-refractivity contribution in [3.63, 3.8) is 0 Å². The van der Waals surface area contributed by atoms with Crippen LogP contribution < -0.4 is 15.5 Å². The van der Waals surface area contributed by atoms with E-state index in [-0.39, 0.29) is 0 Å². The van der Waals surface area contributed by atoms with Crippen molar-refractivity contribution in [2.75, 3.05) is 50.8 Å². The number of guanidine groups is 1. The molecule has 0 aromatic heterocycles. The number of rotatable bonds is 8. The van der Waals surface area contributed by atoms with Crippen LogP contribution >= 0.6 is 0 Å². The number of nitrogens with one attached hydrogen (secondary N) is 2. The van der Waals surface area contributed by atoms with Crippen molar-refractivity contribution in [3.8, 4) is 0 Å². The van der Waals surface area contributed by atoms with Crippen LogP contribution in [0, 0.1) is 0 Å². The predicted molar refractivity (Wildman–Crippen MR) is 132 cm³/mol. The molecule has 2 N–H and O–H groups in total. The van der Waals surface area contributed by atoms with Crippen LogP contribution in [0.15, 0.2) is 65.7 Å². The van der Waals surface area contributed by atoms with Crippen LogP contribution in [0.4, 0.5) is 5.69 Å². The number of anilines is 1. The zero-order valence-corrected chi connectivity index (χ0v) is 19.1. The third-order valence-electron chi connectivity index (χ3n) is 5.92. The summed E-state index contributed by atoms with van der Waals surface area (Å²) in [6.45, 7) is 10.9. The molecule has 0 radical (unpaired) electrons. The highest BCUT2D eigenvalue weighted by molar-refractivity contribution is 5.79. The molecule has 2 aliphatic rings. The zero-order valence-electron chi connectivity index (χ0n) is 19.1. The Kier molecular flexibility index (Phi) is 8.17. The third-order valence-corrected chi connectivity index (χ3v) is 5.92. The first-order valence-electron chi connectivity index (χ1n) is 11.7. The van der Waals surface area contributed by atoms with Crippen LogP contribution in [0.2, 0.25) is 0 Å². The summed E-state index contributed by atoms with van der Waals surface area (Å²) < 4.78 is 5.49. The van der Waals surface area contributed by atoms with Crippen LogP contribution in [-0.4, -0.2) is 56.8 Å². The van der Waals surface area contributed by atoms with Gasteiger partial charge >= 0.3 is 0 Å². The fourth-order valence-electron chi connectivity index (χ4n) is 4.12. The molecule has 170 valence electrons. The van der Waals surface area contributed by atoms with Gasteiger partial charge in [-0.3, -0.25) is 4.90 Å². The Hall–Kier alpha value is -2.83. The van der Waals surface area contributed by atoms with E-state index in [1.165, 1.54) is 22.4 Å². The standard InChI is InChI=1S/C26H35N5O/c1-2-27-26(28-19-22-8-7-11-25(18-22)31-12-5-6-13-31)29-20-23-9-3-4-10-24(23)21-30-14-16-32-17-15-30/h3-11,18H,2,12-17,19-21H2,1H3,(H2,27,28,29). The number of benzene rings is 2. The maximum absolute atomic E-state index is 5.49. The molecule has 1 saturated heterocycles. The normalized spacial score (nSPS) is 17.0. The fourth-order valence-corrected chi connectivity index (χ4v) is 4.12. The Morgan fingerprint density at radius 1 is 0.969 bits per heavy atom. The SMILES string of the molecule is CCNC(=NCc1cccc(N2CC=CC2)c1)NCc1ccccc1CN1CCOCC1. The molecule has 0 amide bonds. The first-order valence-corrected chi connectivity index (χ1v) is 11.7. The van der Waals surface area contributed by atoms with Crippen LogP contribution in [0.3, 0.4) is 0 Å². The number of aliphatic imine (C=N–C) groups is 1. The molecule has 6 heteroatoms. The van der Waals surface area contributed by atoms with Crippen molar-refractivity contribution in [2.24, 2.45) is 4.99 Å². The number of morpholine rings is 1. The van der Waals surface area contributed by atoms with E-state index < -0.39 is 0 Å². The van der Waals surface area contributed by atoms with Crippen molar-refractivity contribution >= 4 is 11.6 Å². The average molecular weight is 434 g/mol. The molecule has 0 spiro atoms. The van der Waals surface area contributed by atoms with E-state index in [0.29, 0.717) is 6.54 Å². The highest BCUT2D eigenvalue weighted by Gasteiger charge is 2.13. The second kappa shape index (κ2) is 11.7. The Morgan fingerprint density at radius 3 is 2.53 bits per heavy atom. The van der Waals surface area contributed by atoms with Gasteiger partial charge in [0.25, 0.3) is 0 Å². The summed E-state index contributed by atoms with van der Waals surface area (Å²) in [6, 6.07) is 17.4. The van der Waals surface area contributed by atoms with Gasteiger partial charge < -0.3 is 20.3 Å². The molecule has 1 fully saturated rings. The van der Waals surface area contributed by atoms with E-state index in [1.54, 1.807) is 0 Å². The average Bonchev–Trinajstić information content (AvgIpc) is 3.38. The van der Waals surface area contributed by atoms with Gasteiger partial charge in [0, 0.05) is 51.5 Å². The highest BCUT2D eigenvalue weighted by Crippen LogP contribution is 2.19. The minimum absolute atomic E-state index is 0.653. The van der Waals surface area contributed by atoms with Crippen LogP contribution in [0.1, 0.15) is 23.6 Å². The van der Waals surface area contributed by atoms with Gasteiger partial charge in [-0.05, 0) is 35.7 Å². The van der Waals surface area contributed by atoms with Crippen LogP contribution in [-0.2, 0) is 24.4 Å². The second-order valence-corrected chi connectivity index (χ2v) is 8.25. The zero-order chi connectivity index (χ0) is 22.0. The molecule has 32 heavy (non-hydrogen) atoms. The summed E-state index contributed by atoms with van der Waals surface area (Å²) in [5.41, 5.74) is 5.16. The predicted octanol–water partition coefficient (Wildman–Crippen LogP) is 3.15. The maximum atomic E-state index is 5.49. The van der Waals surface area contributed by atoms with E-state index >= 15 is 0 Å². The number of hydrogen-bond donors (Lipinski definition) is 2. The molecule has 2 aromatic carbocycles. The lowest BCUT2D eigenvalue weighted by Crippen LogP contribution is -2.38. The molecule has 4 rings (SSSR count). The van der Waals surface area contributed by atoms with E-state index in [1.807, 2.05) is 0 Å². The van der Waals surface area contributed by atoms with Crippen molar-refractivity contribution in [3.05, 3.63) is 77.4 Å². The minimum atomic E-state index is 0.653. The van der Waals surface area contributed by atoms with E-state index in [0.717, 1.165) is 65.0 Å². The quantitative estimate of drug-likeness (QED) is 0.381. The summed E-state index contributed by atoms with van der Waals surface area (Å²) in [5, 5.41) is 6.92. The first-order chi connectivity index (χ1) is 15.8. The molecule has 0 atom stereocenters. The van der Waals surface area contributed by atoms with Gasteiger partial charge in [-0.25, -0.2) is 4.99 Å². The smallest absolute Gasteiger partial charge is 0.191 e. The molecule has 0 unspecified atom stereocenters. The molecular weight excluding hydrogens is 398 g/mol. The maximum Gasteiger partial charge on any atom is 0.191 e. The molecule has 2 heterocycles.